The molecular weight excluding hydrogens is 416 g/mol. The van der Waals surface area contributed by atoms with Gasteiger partial charge in [-0.1, -0.05) is 0 Å². The van der Waals surface area contributed by atoms with Gasteiger partial charge in [-0.2, -0.15) is 13.2 Å². The Balaban J connectivity index is 1.39. The Labute approximate surface area is 175 Å². The number of benzene rings is 1. The summed E-state index contributed by atoms with van der Waals surface area (Å²) >= 11 is 0. The molecule has 4 N–H and O–H groups in total. The Kier molecular flexibility index (Phi) is 5.67. The molecule has 4 rings (SSSR count). The van der Waals surface area contributed by atoms with Crippen LogP contribution < -0.4 is 15.8 Å². The summed E-state index contributed by atoms with van der Waals surface area (Å²) in [6.07, 6.45) is -1.05. The molecule has 0 unspecified atom stereocenters. The highest BCUT2D eigenvalue weighted by Crippen LogP contribution is 2.32. The highest BCUT2D eigenvalue weighted by Gasteiger charge is 2.34. The number of fused-ring (bicyclic) bond motifs is 1. The lowest BCUT2D eigenvalue weighted by atomic mass is 9.88. The molecule has 1 fully saturated rings. The van der Waals surface area contributed by atoms with E-state index in [1.54, 1.807) is 6.07 Å². The minimum atomic E-state index is -4.53. The van der Waals surface area contributed by atoms with Gasteiger partial charge in [-0.15, -0.1) is 0 Å². The number of hydrogen-bond donors (Lipinski definition) is 3. The lowest BCUT2D eigenvalue weighted by Crippen LogP contribution is -2.46. The normalized spacial score (nSPS) is 18.7. The fourth-order valence-corrected chi connectivity index (χ4v) is 3.64. The Morgan fingerprint density at radius 1 is 1.16 bits per heavy atom. The van der Waals surface area contributed by atoms with Crippen LogP contribution in [0.3, 0.4) is 0 Å². The molecule has 0 bridgehead atoms. The van der Waals surface area contributed by atoms with E-state index in [4.69, 9.17) is 10.5 Å². The standard InChI is InChI=1S/C21H20F4N4O2/c22-18-3-11(10-30)16-8-29-20(26)7-15(16)17(18)9-28-12-4-14(5-12)31-13-1-2-27-19(6-13)21(23,24)25/h1-3,6-8,12,14,28,30H,4-5,9-10H2,(H2,26,29). The number of pyridine rings is 2. The Hall–Kier alpha value is -2.98. The van der Waals surface area contributed by atoms with E-state index in [1.165, 1.54) is 18.3 Å². The van der Waals surface area contributed by atoms with Gasteiger partial charge in [-0.3, -0.25) is 4.98 Å². The number of halogens is 4. The SMILES string of the molecule is Nc1cc2c(CNC3CC(Oc4ccnc(C(F)(F)F)c4)C3)c(F)cc(CO)c2cn1. The highest BCUT2D eigenvalue weighted by molar-refractivity contribution is 5.89. The number of alkyl halides is 3. The molecule has 2 heterocycles. The second-order valence-electron chi connectivity index (χ2n) is 7.47. The number of nitrogens with two attached hydrogens (primary N) is 1. The molecule has 2 aromatic heterocycles. The number of anilines is 1. The van der Waals surface area contributed by atoms with Crippen LogP contribution in [-0.4, -0.2) is 27.2 Å². The number of nitrogen functional groups attached to an aromatic ring is 1. The van der Waals surface area contributed by atoms with E-state index in [-0.39, 0.29) is 36.9 Å². The minimum Gasteiger partial charge on any atom is -0.490 e. The fraction of sp³-hybridized carbons (Fsp3) is 0.333. The van der Waals surface area contributed by atoms with Crippen molar-refractivity contribution < 1.29 is 27.4 Å². The lowest BCUT2D eigenvalue weighted by molar-refractivity contribution is -0.141. The van der Waals surface area contributed by atoms with Crippen molar-refractivity contribution in [2.24, 2.45) is 0 Å². The molecule has 164 valence electrons. The number of rotatable bonds is 6. The molecule has 31 heavy (non-hydrogen) atoms. The molecule has 1 aromatic carbocycles. The zero-order valence-corrected chi connectivity index (χ0v) is 16.3. The van der Waals surface area contributed by atoms with E-state index in [1.807, 2.05) is 0 Å². The van der Waals surface area contributed by atoms with Gasteiger partial charge in [0.2, 0.25) is 0 Å². The minimum absolute atomic E-state index is 0.0278. The van der Waals surface area contributed by atoms with Crippen molar-refractivity contribution in [1.82, 2.24) is 15.3 Å². The first-order valence-electron chi connectivity index (χ1n) is 9.64. The molecule has 6 nitrogen and oxygen atoms in total. The molecule has 10 heteroatoms. The number of aromatic nitrogens is 2. The molecule has 1 aliphatic carbocycles. The van der Waals surface area contributed by atoms with E-state index in [2.05, 4.69) is 15.3 Å². The molecule has 1 saturated carbocycles. The van der Waals surface area contributed by atoms with Crippen LogP contribution >= 0.6 is 0 Å². The summed E-state index contributed by atoms with van der Waals surface area (Å²) in [5, 5.41) is 13.9. The fourth-order valence-electron chi connectivity index (χ4n) is 3.64. The zero-order chi connectivity index (χ0) is 22.2. The van der Waals surface area contributed by atoms with Gasteiger partial charge in [0.05, 0.1) is 6.61 Å². The van der Waals surface area contributed by atoms with E-state index in [0.717, 1.165) is 12.3 Å². The Morgan fingerprint density at radius 2 is 1.94 bits per heavy atom. The Morgan fingerprint density at radius 3 is 2.65 bits per heavy atom. The number of aliphatic hydroxyl groups is 1. The third-order valence-electron chi connectivity index (χ3n) is 5.34. The van der Waals surface area contributed by atoms with Gasteiger partial charge in [-0.05, 0) is 42.0 Å². The molecule has 3 aromatic rings. The number of hydrogen-bond acceptors (Lipinski definition) is 6. The van der Waals surface area contributed by atoms with Gasteiger partial charge in [0, 0.05) is 42.0 Å². The summed E-state index contributed by atoms with van der Waals surface area (Å²) in [5.74, 6) is -0.0976. The number of nitrogens with one attached hydrogen (secondary N) is 1. The monoisotopic (exact) mass is 436 g/mol. The van der Waals surface area contributed by atoms with Crippen molar-refractivity contribution in [2.75, 3.05) is 5.73 Å². The predicted octanol–water partition coefficient (Wildman–Crippen LogP) is 3.56. The van der Waals surface area contributed by atoms with Crippen LogP contribution in [0, 0.1) is 5.82 Å². The van der Waals surface area contributed by atoms with Crippen LogP contribution in [0.25, 0.3) is 10.8 Å². The third kappa shape index (κ3) is 4.54. The smallest absolute Gasteiger partial charge is 0.433 e. The van der Waals surface area contributed by atoms with E-state index < -0.39 is 17.7 Å². The largest absolute Gasteiger partial charge is 0.490 e. The number of ether oxygens (including phenoxy) is 1. The summed E-state index contributed by atoms with van der Waals surface area (Å²) in [4.78, 5) is 7.32. The van der Waals surface area contributed by atoms with Crippen LogP contribution in [0.4, 0.5) is 23.4 Å². The second kappa shape index (κ2) is 8.27. The molecule has 0 spiro atoms. The van der Waals surface area contributed by atoms with Crippen LogP contribution in [-0.2, 0) is 19.3 Å². The number of aliphatic hydroxyl groups excluding tert-OH is 1. The molecule has 0 amide bonds. The van der Waals surface area contributed by atoms with Gasteiger partial charge in [-0.25, -0.2) is 9.37 Å². The van der Waals surface area contributed by atoms with E-state index >= 15 is 0 Å². The molecular formula is C21H20F4N4O2. The maximum Gasteiger partial charge on any atom is 0.433 e. The molecule has 0 radical (unpaired) electrons. The van der Waals surface area contributed by atoms with Crippen molar-refractivity contribution in [3.63, 3.8) is 0 Å². The molecule has 0 aliphatic heterocycles. The van der Waals surface area contributed by atoms with E-state index in [9.17, 15) is 22.7 Å². The third-order valence-corrected chi connectivity index (χ3v) is 5.34. The second-order valence-corrected chi connectivity index (χ2v) is 7.47. The van der Waals surface area contributed by atoms with Gasteiger partial charge in [0.1, 0.15) is 29.2 Å². The van der Waals surface area contributed by atoms with Crippen molar-refractivity contribution >= 4 is 16.6 Å². The first-order chi connectivity index (χ1) is 14.7. The zero-order valence-electron chi connectivity index (χ0n) is 16.3. The van der Waals surface area contributed by atoms with Crippen LogP contribution in [0.15, 0.2) is 36.7 Å². The van der Waals surface area contributed by atoms with Gasteiger partial charge in [0.25, 0.3) is 0 Å². The predicted molar refractivity (Wildman–Crippen MR) is 106 cm³/mol. The quantitative estimate of drug-likeness (QED) is 0.512. The summed E-state index contributed by atoms with van der Waals surface area (Å²) in [6.45, 7) is -0.0954. The molecule has 0 atom stereocenters. The van der Waals surface area contributed by atoms with Crippen LogP contribution in [0.1, 0.15) is 29.7 Å². The van der Waals surface area contributed by atoms with Crippen LogP contribution in [0.5, 0.6) is 5.75 Å². The summed E-state index contributed by atoms with van der Waals surface area (Å²) < 4.78 is 58.5. The van der Waals surface area contributed by atoms with Crippen molar-refractivity contribution in [3.05, 3.63) is 59.3 Å². The lowest BCUT2D eigenvalue weighted by Gasteiger charge is -2.36. The average molecular weight is 436 g/mol. The summed E-state index contributed by atoms with van der Waals surface area (Å²) in [7, 11) is 0. The van der Waals surface area contributed by atoms with Gasteiger partial charge in [0.15, 0.2) is 0 Å². The number of nitrogens with zero attached hydrogens (tertiary/aromatic N) is 2. The van der Waals surface area contributed by atoms with Gasteiger partial charge < -0.3 is 20.9 Å². The maximum absolute atomic E-state index is 14.6. The van der Waals surface area contributed by atoms with Crippen molar-refractivity contribution in [2.45, 2.75) is 44.3 Å². The van der Waals surface area contributed by atoms with Gasteiger partial charge >= 0.3 is 6.18 Å². The summed E-state index contributed by atoms with van der Waals surface area (Å²) in [6, 6.07) is 5.15. The van der Waals surface area contributed by atoms with E-state index in [0.29, 0.717) is 34.7 Å². The first kappa shape index (κ1) is 21.3. The topological polar surface area (TPSA) is 93.3 Å². The summed E-state index contributed by atoms with van der Waals surface area (Å²) in [5.41, 5.74) is 5.59. The van der Waals surface area contributed by atoms with Crippen molar-refractivity contribution in [3.8, 4) is 5.75 Å². The molecule has 1 aliphatic rings. The Bertz CT molecular complexity index is 1100. The first-order valence-corrected chi connectivity index (χ1v) is 9.64. The molecule has 0 saturated heterocycles. The van der Waals surface area contributed by atoms with Crippen molar-refractivity contribution in [1.29, 1.82) is 0 Å². The average Bonchev–Trinajstić information content (AvgIpc) is 2.69. The maximum atomic E-state index is 14.6. The van der Waals surface area contributed by atoms with Crippen LogP contribution in [0.2, 0.25) is 0 Å². The highest BCUT2D eigenvalue weighted by atomic mass is 19.4.